The maximum absolute atomic E-state index is 14.2. The number of aliphatic hydroxyl groups is 1. The molecule has 6 N–H and O–H groups in total. The predicted octanol–water partition coefficient (Wildman–Crippen LogP) is 3.54. The topological polar surface area (TPSA) is 215 Å². The largest absolute Gasteiger partial charge is 0.481 e. The Kier molecular flexibility index (Phi) is 16.2. The molecule has 0 radical (unpaired) electrons. The van der Waals surface area contributed by atoms with Crippen LogP contribution in [0.25, 0.3) is 0 Å². The van der Waals surface area contributed by atoms with E-state index < -0.39 is 89.7 Å². The van der Waals surface area contributed by atoms with Crippen LogP contribution in [0.15, 0.2) is 24.3 Å². The molecule has 2 unspecified atom stereocenters. The van der Waals surface area contributed by atoms with Crippen LogP contribution in [0.3, 0.4) is 0 Å². The molecule has 1 aromatic heterocycles. The van der Waals surface area contributed by atoms with E-state index in [0.29, 0.717) is 24.8 Å². The summed E-state index contributed by atoms with van der Waals surface area (Å²) < 4.78 is 28.4. The number of halogens is 2. The van der Waals surface area contributed by atoms with Crippen molar-refractivity contribution in [3.05, 3.63) is 64.0 Å². The van der Waals surface area contributed by atoms with Gasteiger partial charge in [0.15, 0.2) is 0 Å². The number of carboxylic acids is 2. The van der Waals surface area contributed by atoms with E-state index in [-0.39, 0.29) is 54.0 Å². The monoisotopic (exact) mass is 773 g/mol. The molecule has 0 aliphatic heterocycles. The zero-order valence-corrected chi connectivity index (χ0v) is 32.2. The Morgan fingerprint density at radius 3 is 1.89 bits per heavy atom. The standard InChI is InChI=1S/C39H53F2N5O9/c1-7-9-46(10-8-2)37(51)30-18-29(21(5)42-22(30)6)35(49)44-31(13-23-11-26(40)17-27(41)12-23)32(47)19-33(48)45-34(20(3)4)36(50)43-28-15-24(38(52)53)14-25(16-28)39(54)55/h11-12,17-18,20,24-25,28,31-32,34,47H,7-10,13-16,19H2,1-6H3,(H,43,50)(H,44,49)(H,45,48)(H,52,53)(H,54,55)/t24?,25?,28?,31-,32-,34-/m0/s1. The first-order valence-corrected chi connectivity index (χ1v) is 18.6. The average molecular weight is 774 g/mol. The number of amides is 4. The van der Waals surface area contributed by atoms with Gasteiger partial charge in [-0.05, 0) is 82.1 Å². The van der Waals surface area contributed by atoms with Gasteiger partial charge in [-0.2, -0.15) is 0 Å². The minimum absolute atomic E-state index is 0.00570. The number of carbonyl (C=O) groups is 6. The van der Waals surface area contributed by atoms with Crippen LogP contribution in [0.1, 0.15) is 104 Å². The van der Waals surface area contributed by atoms with Crippen molar-refractivity contribution in [3.8, 4) is 0 Å². The first-order chi connectivity index (χ1) is 25.8. The smallest absolute Gasteiger partial charge is 0.306 e. The second kappa shape index (κ2) is 20.1. The van der Waals surface area contributed by atoms with Gasteiger partial charge in [-0.1, -0.05) is 27.7 Å². The normalized spacial score (nSPS) is 18.5. The Hall–Kier alpha value is -4.99. The van der Waals surface area contributed by atoms with Gasteiger partial charge in [0, 0.05) is 25.2 Å². The number of rotatable bonds is 18. The van der Waals surface area contributed by atoms with Gasteiger partial charge in [-0.3, -0.25) is 33.8 Å². The Bertz CT molecular complexity index is 1690. The summed E-state index contributed by atoms with van der Waals surface area (Å²) in [5.41, 5.74) is 0.987. The summed E-state index contributed by atoms with van der Waals surface area (Å²) in [6.45, 7) is 11.4. The van der Waals surface area contributed by atoms with Crippen LogP contribution in [-0.2, 0) is 25.6 Å². The zero-order valence-electron chi connectivity index (χ0n) is 32.2. The van der Waals surface area contributed by atoms with Crippen LogP contribution >= 0.6 is 0 Å². The van der Waals surface area contributed by atoms with Crippen LogP contribution in [0.2, 0.25) is 0 Å². The van der Waals surface area contributed by atoms with E-state index in [0.717, 1.165) is 25.0 Å². The maximum Gasteiger partial charge on any atom is 0.306 e. The number of pyridine rings is 1. The number of nitrogens with zero attached hydrogens (tertiary/aromatic N) is 2. The molecule has 4 amide bonds. The molecule has 0 spiro atoms. The molecule has 3 rings (SSSR count). The van der Waals surface area contributed by atoms with Crippen molar-refractivity contribution in [2.75, 3.05) is 13.1 Å². The molecule has 1 fully saturated rings. The quantitative estimate of drug-likeness (QED) is 0.130. The summed E-state index contributed by atoms with van der Waals surface area (Å²) in [7, 11) is 0. The molecule has 55 heavy (non-hydrogen) atoms. The first-order valence-electron chi connectivity index (χ1n) is 18.6. The Morgan fingerprint density at radius 2 is 1.38 bits per heavy atom. The van der Waals surface area contributed by atoms with Crippen LogP contribution in [0, 0.1) is 43.2 Å². The number of aromatic nitrogens is 1. The lowest BCUT2D eigenvalue weighted by molar-refractivity contribution is -0.149. The Morgan fingerprint density at radius 1 is 0.836 bits per heavy atom. The highest BCUT2D eigenvalue weighted by molar-refractivity contribution is 6.01. The molecule has 1 saturated carbocycles. The van der Waals surface area contributed by atoms with Crippen molar-refractivity contribution < 1.29 is 52.9 Å². The van der Waals surface area contributed by atoms with Gasteiger partial charge >= 0.3 is 11.9 Å². The van der Waals surface area contributed by atoms with Gasteiger partial charge in [0.25, 0.3) is 11.8 Å². The molecule has 1 aromatic carbocycles. The van der Waals surface area contributed by atoms with Crippen molar-refractivity contribution in [3.63, 3.8) is 0 Å². The number of aliphatic carboxylic acids is 2. The zero-order chi connectivity index (χ0) is 41.1. The molecule has 14 nitrogen and oxygen atoms in total. The van der Waals surface area contributed by atoms with E-state index in [2.05, 4.69) is 20.9 Å². The fourth-order valence-electron chi connectivity index (χ4n) is 6.94. The Balaban J connectivity index is 1.84. The number of carboxylic acid groups (broad SMARTS) is 2. The number of hydrogen-bond donors (Lipinski definition) is 6. The minimum atomic E-state index is -1.65. The van der Waals surface area contributed by atoms with Crippen LogP contribution < -0.4 is 16.0 Å². The van der Waals surface area contributed by atoms with Crippen LogP contribution in [-0.4, -0.2) is 98.1 Å². The second-order valence-electron chi connectivity index (χ2n) is 14.7. The SMILES string of the molecule is CCCN(CCC)C(=O)c1cc(C(=O)N[C@@H](Cc2cc(F)cc(F)c2)[C@@H](O)CC(=O)N[C@H](C(=O)NC2CC(C(=O)O)CC(C(=O)O)C2)C(C)C)c(C)nc1C. The van der Waals surface area contributed by atoms with Crippen molar-refractivity contribution in [2.45, 2.75) is 111 Å². The summed E-state index contributed by atoms with van der Waals surface area (Å²) >= 11 is 0. The number of hydrogen-bond acceptors (Lipinski definition) is 8. The van der Waals surface area contributed by atoms with E-state index >= 15 is 0 Å². The van der Waals surface area contributed by atoms with Crippen molar-refractivity contribution in [1.29, 1.82) is 0 Å². The van der Waals surface area contributed by atoms with Gasteiger partial charge in [-0.15, -0.1) is 0 Å². The number of nitrogens with one attached hydrogen (secondary N) is 3. The van der Waals surface area contributed by atoms with Gasteiger partial charge < -0.3 is 36.2 Å². The van der Waals surface area contributed by atoms with Gasteiger partial charge in [-0.25, -0.2) is 8.78 Å². The van der Waals surface area contributed by atoms with Crippen LogP contribution in [0.4, 0.5) is 8.78 Å². The van der Waals surface area contributed by atoms with Crippen molar-refractivity contribution in [1.82, 2.24) is 25.8 Å². The fraction of sp³-hybridized carbons (Fsp3) is 0.564. The van der Waals surface area contributed by atoms with Crippen molar-refractivity contribution in [2.24, 2.45) is 17.8 Å². The predicted molar refractivity (Wildman–Crippen MR) is 197 cm³/mol. The average Bonchev–Trinajstić information content (AvgIpc) is 3.09. The molecular formula is C39H53F2N5O9. The summed E-state index contributed by atoms with van der Waals surface area (Å²) in [6, 6.07) is 0.872. The lowest BCUT2D eigenvalue weighted by Gasteiger charge is -2.33. The van der Waals surface area contributed by atoms with Gasteiger partial charge in [0.2, 0.25) is 11.8 Å². The van der Waals surface area contributed by atoms with Crippen molar-refractivity contribution >= 4 is 35.6 Å². The highest BCUT2D eigenvalue weighted by atomic mass is 19.1. The third-order valence-corrected chi connectivity index (χ3v) is 9.72. The molecule has 1 heterocycles. The summed E-state index contributed by atoms with van der Waals surface area (Å²) in [5.74, 6) is -9.17. The van der Waals surface area contributed by atoms with E-state index in [1.165, 1.54) is 6.07 Å². The third-order valence-electron chi connectivity index (χ3n) is 9.72. The van der Waals surface area contributed by atoms with Crippen LogP contribution in [0.5, 0.6) is 0 Å². The summed E-state index contributed by atoms with van der Waals surface area (Å²) in [6.07, 6.45) is -1.26. The maximum atomic E-state index is 14.2. The Labute approximate surface area is 319 Å². The second-order valence-corrected chi connectivity index (χ2v) is 14.7. The summed E-state index contributed by atoms with van der Waals surface area (Å²) in [4.78, 5) is 83.5. The molecule has 302 valence electrons. The highest BCUT2D eigenvalue weighted by Crippen LogP contribution is 2.30. The lowest BCUT2D eigenvalue weighted by atomic mass is 9.78. The van der Waals surface area contributed by atoms with Gasteiger partial charge in [0.1, 0.15) is 17.7 Å². The van der Waals surface area contributed by atoms with Gasteiger partial charge in [0.05, 0.1) is 52.9 Å². The number of benzene rings is 1. The highest BCUT2D eigenvalue weighted by Gasteiger charge is 2.38. The molecular weight excluding hydrogens is 720 g/mol. The molecule has 2 aromatic rings. The number of aliphatic hydroxyl groups excluding tert-OH is 1. The first kappa shape index (κ1) is 44.4. The molecule has 0 saturated heterocycles. The fourth-order valence-corrected chi connectivity index (χ4v) is 6.94. The third kappa shape index (κ3) is 12.5. The molecule has 0 bridgehead atoms. The van der Waals surface area contributed by atoms with E-state index in [4.69, 9.17) is 0 Å². The molecule has 1 aliphatic carbocycles. The molecule has 5 atom stereocenters. The van der Waals surface area contributed by atoms with E-state index in [1.807, 2.05) is 13.8 Å². The molecule has 16 heteroatoms. The number of carbonyl (C=O) groups excluding carboxylic acids is 4. The summed E-state index contributed by atoms with van der Waals surface area (Å²) in [5, 5.41) is 38.3. The minimum Gasteiger partial charge on any atom is -0.481 e. The lowest BCUT2D eigenvalue weighted by Crippen LogP contribution is -2.55. The molecule has 1 aliphatic rings. The van der Waals surface area contributed by atoms with E-state index in [9.17, 15) is 52.9 Å². The number of aryl methyl sites for hydroxylation is 2. The van der Waals surface area contributed by atoms with E-state index in [1.54, 1.807) is 32.6 Å².